The van der Waals surface area contributed by atoms with Gasteiger partial charge in [-0.05, 0) is 13.3 Å². The van der Waals surface area contributed by atoms with Crippen LogP contribution in [0.2, 0.25) is 0 Å². The molecule has 3 rings (SSSR count). The van der Waals surface area contributed by atoms with Crippen LogP contribution in [0.1, 0.15) is 33.7 Å². The maximum atomic E-state index is 12.3. The summed E-state index contributed by atoms with van der Waals surface area (Å²) in [5.41, 5.74) is 8.21. The Kier molecular flexibility index (Phi) is 2.90. The van der Waals surface area contributed by atoms with E-state index in [0.717, 1.165) is 18.7 Å². The van der Waals surface area contributed by atoms with E-state index < -0.39 is 0 Å². The summed E-state index contributed by atoms with van der Waals surface area (Å²) in [5, 5.41) is 0. The summed E-state index contributed by atoms with van der Waals surface area (Å²) in [6, 6.07) is 1.74. The summed E-state index contributed by atoms with van der Waals surface area (Å²) in [6.45, 7) is 2.54. The van der Waals surface area contributed by atoms with Crippen LogP contribution in [-0.4, -0.2) is 32.3 Å². The van der Waals surface area contributed by atoms with Crippen molar-refractivity contribution in [2.75, 3.05) is 12.3 Å². The Bertz CT molecular complexity index is 592. The molecule has 0 saturated carbocycles. The molecule has 1 atom stereocenters. The number of thiazole rings is 1. The fourth-order valence-corrected chi connectivity index (χ4v) is 2.76. The summed E-state index contributed by atoms with van der Waals surface area (Å²) in [7, 11) is 0. The van der Waals surface area contributed by atoms with E-state index in [1.807, 2.05) is 0 Å². The molecular formula is C12H13N5OS. The molecular weight excluding hydrogens is 262 g/mol. The van der Waals surface area contributed by atoms with Gasteiger partial charge in [-0.3, -0.25) is 9.78 Å². The van der Waals surface area contributed by atoms with Crippen molar-refractivity contribution in [2.24, 2.45) is 0 Å². The second-order valence-corrected chi connectivity index (χ2v) is 5.32. The highest BCUT2D eigenvalue weighted by atomic mass is 32.1. The first-order valence-electron chi connectivity index (χ1n) is 5.95. The van der Waals surface area contributed by atoms with Gasteiger partial charge in [-0.25, -0.2) is 9.97 Å². The molecule has 3 heterocycles. The molecule has 0 aromatic carbocycles. The van der Waals surface area contributed by atoms with Crippen molar-refractivity contribution in [1.82, 2.24) is 19.9 Å². The zero-order chi connectivity index (χ0) is 13.4. The number of anilines is 1. The maximum Gasteiger partial charge on any atom is 0.266 e. The summed E-state index contributed by atoms with van der Waals surface area (Å²) < 4.78 is 0. The molecule has 1 unspecified atom stereocenters. The number of carbonyl (C=O) groups is 1. The van der Waals surface area contributed by atoms with E-state index in [2.05, 4.69) is 15.0 Å². The van der Waals surface area contributed by atoms with Gasteiger partial charge in [0.15, 0.2) is 0 Å². The van der Waals surface area contributed by atoms with Gasteiger partial charge in [0.25, 0.3) is 5.91 Å². The summed E-state index contributed by atoms with van der Waals surface area (Å²) >= 11 is 1.35. The smallest absolute Gasteiger partial charge is 0.266 e. The Balaban J connectivity index is 1.85. The van der Waals surface area contributed by atoms with E-state index in [9.17, 15) is 4.79 Å². The number of hydrogen-bond acceptors (Lipinski definition) is 6. The Morgan fingerprint density at radius 2 is 2.37 bits per heavy atom. The van der Waals surface area contributed by atoms with Crippen LogP contribution in [0.25, 0.3) is 0 Å². The number of aromatic nitrogens is 3. The molecule has 0 radical (unpaired) electrons. The number of likely N-dealkylation sites (tertiary alicyclic amines) is 1. The van der Waals surface area contributed by atoms with Gasteiger partial charge in [-0.2, -0.15) is 0 Å². The molecule has 2 N–H and O–H groups in total. The fraction of sp³-hybridized carbons (Fsp3) is 0.333. The van der Waals surface area contributed by atoms with E-state index in [-0.39, 0.29) is 11.9 Å². The van der Waals surface area contributed by atoms with Crippen LogP contribution in [-0.2, 0) is 0 Å². The van der Waals surface area contributed by atoms with Crippen molar-refractivity contribution in [3.05, 3.63) is 34.2 Å². The Morgan fingerprint density at radius 1 is 1.53 bits per heavy atom. The van der Waals surface area contributed by atoms with Crippen molar-refractivity contribution in [3.63, 3.8) is 0 Å². The van der Waals surface area contributed by atoms with Gasteiger partial charge in [0.1, 0.15) is 16.5 Å². The highest BCUT2D eigenvalue weighted by molar-refractivity contribution is 7.11. The lowest BCUT2D eigenvalue weighted by atomic mass is 9.99. The predicted molar refractivity (Wildman–Crippen MR) is 71.7 cm³/mol. The van der Waals surface area contributed by atoms with Gasteiger partial charge >= 0.3 is 0 Å². The molecule has 19 heavy (non-hydrogen) atoms. The second kappa shape index (κ2) is 4.58. The van der Waals surface area contributed by atoms with E-state index in [4.69, 9.17) is 5.73 Å². The van der Waals surface area contributed by atoms with Gasteiger partial charge in [0, 0.05) is 12.6 Å². The molecule has 1 aliphatic rings. The van der Waals surface area contributed by atoms with Crippen molar-refractivity contribution < 1.29 is 4.79 Å². The molecule has 1 aliphatic heterocycles. The highest BCUT2D eigenvalue weighted by Crippen LogP contribution is 2.34. The van der Waals surface area contributed by atoms with Crippen molar-refractivity contribution in [1.29, 1.82) is 0 Å². The largest absolute Gasteiger partial charge is 0.384 e. The topological polar surface area (TPSA) is 85.0 Å². The molecule has 1 fully saturated rings. The number of hydrogen-bond donors (Lipinski definition) is 1. The normalized spacial score (nSPS) is 18.2. The standard InChI is InChI=1S/C12H13N5OS/c1-7-15-8(4-11(13)16-7)9-2-3-17(9)12(18)10-5-14-6-19-10/h4-6,9H,2-3H2,1H3,(H2,13,15,16). The third-order valence-corrected chi connectivity index (χ3v) is 3.90. The SMILES string of the molecule is Cc1nc(N)cc(C2CCN2C(=O)c2cncs2)n1. The van der Waals surface area contributed by atoms with Crippen LogP contribution in [0.5, 0.6) is 0 Å². The molecule has 6 nitrogen and oxygen atoms in total. The monoisotopic (exact) mass is 275 g/mol. The van der Waals surface area contributed by atoms with E-state index >= 15 is 0 Å². The first-order valence-corrected chi connectivity index (χ1v) is 6.83. The first-order chi connectivity index (χ1) is 9.15. The molecule has 1 amide bonds. The third kappa shape index (κ3) is 2.17. The van der Waals surface area contributed by atoms with Crippen LogP contribution in [0.4, 0.5) is 5.82 Å². The minimum atomic E-state index is -0.00130. The molecule has 2 aromatic heterocycles. The Morgan fingerprint density at radius 3 is 2.95 bits per heavy atom. The number of carbonyl (C=O) groups excluding carboxylic acids is 1. The van der Waals surface area contributed by atoms with Gasteiger partial charge in [0.05, 0.1) is 23.4 Å². The lowest BCUT2D eigenvalue weighted by Crippen LogP contribution is -2.45. The van der Waals surface area contributed by atoms with Gasteiger partial charge < -0.3 is 10.6 Å². The maximum absolute atomic E-state index is 12.3. The minimum Gasteiger partial charge on any atom is -0.384 e. The quantitative estimate of drug-likeness (QED) is 0.895. The number of nitrogens with two attached hydrogens (primary N) is 1. The molecule has 0 spiro atoms. The van der Waals surface area contributed by atoms with Gasteiger partial charge in [-0.15, -0.1) is 11.3 Å². The van der Waals surface area contributed by atoms with Crippen LogP contribution < -0.4 is 5.73 Å². The second-order valence-electron chi connectivity index (χ2n) is 4.43. The van der Waals surface area contributed by atoms with E-state index in [1.54, 1.807) is 29.6 Å². The molecule has 98 valence electrons. The Hall–Kier alpha value is -2.02. The lowest BCUT2D eigenvalue weighted by molar-refractivity contribution is 0.0455. The zero-order valence-electron chi connectivity index (χ0n) is 10.4. The lowest BCUT2D eigenvalue weighted by Gasteiger charge is -2.40. The number of aryl methyl sites for hydroxylation is 1. The van der Waals surface area contributed by atoms with Crippen molar-refractivity contribution in [3.8, 4) is 0 Å². The predicted octanol–water partition coefficient (Wildman–Crippen LogP) is 1.41. The zero-order valence-corrected chi connectivity index (χ0v) is 11.2. The average Bonchev–Trinajstić information content (AvgIpc) is 2.78. The van der Waals surface area contributed by atoms with Gasteiger partial charge in [0.2, 0.25) is 0 Å². The van der Waals surface area contributed by atoms with E-state index in [1.165, 1.54) is 11.3 Å². The average molecular weight is 275 g/mol. The minimum absolute atomic E-state index is 0.00130. The summed E-state index contributed by atoms with van der Waals surface area (Å²) in [5.74, 6) is 1.08. The van der Waals surface area contributed by atoms with Crippen molar-refractivity contribution >= 4 is 23.1 Å². The molecule has 7 heteroatoms. The van der Waals surface area contributed by atoms with Crippen LogP contribution in [0.15, 0.2) is 17.8 Å². The Labute approximate surface area is 114 Å². The van der Waals surface area contributed by atoms with Crippen LogP contribution >= 0.6 is 11.3 Å². The number of amides is 1. The van der Waals surface area contributed by atoms with Crippen LogP contribution in [0, 0.1) is 6.92 Å². The molecule has 0 bridgehead atoms. The third-order valence-electron chi connectivity index (χ3n) is 3.14. The van der Waals surface area contributed by atoms with Gasteiger partial charge in [-0.1, -0.05) is 0 Å². The first kappa shape index (κ1) is 12.0. The summed E-state index contributed by atoms with van der Waals surface area (Å²) in [6.07, 6.45) is 2.50. The fourth-order valence-electron chi connectivity index (χ4n) is 2.19. The highest BCUT2D eigenvalue weighted by Gasteiger charge is 2.35. The summed E-state index contributed by atoms with van der Waals surface area (Å²) in [4.78, 5) is 27.1. The number of nitrogens with zero attached hydrogens (tertiary/aromatic N) is 4. The van der Waals surface area contributed by atoms with E-state index in [0.29, 0.717) is 16.5 Å². The van der Waals surface area contributed by atoms with Crippen molar-refractivity contribution in [2.45, 2.75) is 19.4 Å². The molecule has 1 saturated heterocycles. The molecule has 0 aliphatic carbocycles. The van der Waals surface area contributed by atoms with Crippen LogP contribution in [0.3, 0.4) is 0 Å². The number of rotatable bonds is 2. The molecule has 2 aromatic rings. The number of nitrogen functional groups attached to an aromatic ring is 1.